The summed E-state index contributed by atoms with van der Waals surface area (Å²) in [7, 11) is 7.27. The minimum Gasteiger partial charge on any atom is -0.493 e. The lowest BCUT2D eigenvalue weighted by Crippen LogP contribution is -2.32. The van der Waals surface area contributed by atoms with E-state index in [0.29, 0.717) is 59.4 Å². The van der Waals surface area contributed by atoms with Gasteiger partial charge in [0.2, 0.25) is 11.8 Å². The molecule has 12 heteroatoms. The number of fused-ring (bicyclic) bond motifs is 8. The van der Waals surface area contributed by atoms with Crippen LogP contribution in [0.15, 0.2) is 91.0 Å². The number of thioether (sulfide) groups is 1. The molecule has 0 aliphatic carbocycles. The largest absolute Gasteiger partial charge is 0.493 e. The van der Waals surface area contributed by atoms with Gasteiger partial charge >= 0.3 is 0 Å². The Morgan fingerprint density at radius 1 is 0.833 bits per heavy atom. The molecule has 2 atom stereocenters. The fraction of sp³-hybridized carbons (Fsp3) is 0.292. The summed E-state index contributed by atoms with van der Waals surface area (Å²) >= 11 is 1.47. The van der Waals surface area contributed by atoms with Crippen LogP contribution in [0, 0.1) is 6.92 Å². The lowest BCUT2D eigenvalue weighted by Gasteiger charge is -2.25. The summed E-state index contributed by atoms with van der Waals surface area (Å²) in [6.07, 6.45) is 5.43. The van der Waals surface area contributed by atoms with Crippen molar-refractivity contribution >= 4 is 52.8 Å². The highest BCUT2D eigenvalue weighted by molar-refractivity contribution is 7.99. The van der Waals surface area contributed by atoms with Crippen molar-refractivity contribution in [3.8, 4) is 17.2 Å². The predicted octanol–water partition coefficient (Wildman–Crippen LogP) is 7.57. The molecule has 5 aromatic carbocycles. The maximum atomic E-state index is 14.0. The maximum Gasteiger partial charge on any atom is 0.256 e. The normalized spacial score (nSPS) is 17.4. The molecule has 306 valence electrons. The first-order chi connectivity index (χ1) is 29.0. The minimum absolute atomic E-state index is 0.0272. The number of likely N-dealkylation sites (N-methyl/N-ethyl adjacent to an activating group) is 1. The van der Waals surface area contributed by atoms with Gasteiger partial charge < -0.3 is 38.4 Å². The molecule has 60 heavy (non-hydrogen) atoms. The summed E-state index contributed by atoms with van der Waals surface area (Å²) < 4.78 is 20.8. The Bertz CT molecular complexity index is 2610. The van der Waals surface area contributed by atoms with Gasteiger partial charge in [-0.3, -0.25) is 14.4 Å². The molecule has 0 radical (unpaired) electrons. The minimum atomic E-state index is -0.269. The van der Waals surface area contributed by atoms with Crippen molar-refractivity contribution in [3.05, 3.63) is 141 Å². The molecular weight excluding hydrogens is 775 g/mol. The molecule has 0 spiro atoms. The van der Waals surface area contributed by atoms with E-state index in [1.165, 1.54) is 22.9 Å². The van der Waals surface area contributed by atoms with Crippen LogP contribution in [0.25, 0.3) is 0 Å². The van der Waals surface area contributed by atoms with Crippen LogP contribution >= 0.6 is 11.8 Å². The van der Waals surface area contributed by atoms with E-state index in [1.54, 1.807) is 25.1 Å². The number of benzene rings is 5. The third kappa shape index (κ3) is 6.92. The Morgan fingerprint density at radius 3 is 2.20 bits per heavy atom. The zero-order valence-corrected chi connectivity index (χ0v) is 35.5. The Labute approximate surface area is 354 Å². The average molecular weight is 822 g/mol. The van der Waals surface area contributed by atoms with E-state index in [0.717, 1.165) is 39.2 Å². The van der Waals surface area contributed by atoms with E-state index in [4.69, 9.17) is 14.2 Å². The molecule has 4 heterocycles. The van der Waals surface area contributed by atoms with Gasteiger partial charge in [-0.15, -0.1) is 0 Å². The summed E-state index contributed by atoms with van der Waals surface area (Å²) in [5.41, 5.74) is 10.5. The highest BCUT2D eigenvalue weighted by Gasteiger charge is 2.39. The number of hydrogen-bond acceptors (Lipinski definition) is 8. The van der Waals surface area contributed by atoms with Crippen molar-refractivity contribution in [3.63, 3.8) is 0 Å². The van der Waals surface area contributed by atoms with Crippen molar-refractivity contribution < 1.29 is 33.2 Å². The summed E-state index contributed by atoms with van der Waals surface area (Å²) in [5, 5.41) is 0. The van der Waals surface area contributed by atoms with Gasteiger partial charge in [0, 0.05) is 51.0 Å². The molecule has 11 nitrogen and oxygen atoms in total. The van der Waals surface area contributed by atoms with Crippen molar-refractivity contribution in [2.75, 3.05) is 56.6 Å². The van der Waals surface area contributed by atoms with Crippen molar-refractivity contribution in [2.45, 2.75) is 45.3 Å². The number of carbonyl (C=O) groups excluding carboxylic acids is 3. The quantitative estimate of drug-likeness (QED) is 0.105. The van der Waals surface area contributed by atoms with E-state index in [9.17, 15) is 14.4 Å². The van der Waals surface area contributed by atoms with Crippen LogP contribution < -0.4 is 24.0 Å². The van der Waals surface area contributed by atoms with Gasteiger partial charge in [0.15, 0.2) is 11.5 Å². The first-order valence-corrected chi connectivity index (χ1v) is 21.4. The van der Waals surface area contributed by atoms with Crippen LogP contribution in [0.3, 0.4) is 0 Å². The lowest BCUT2D eigenvalue weighted by molar-refractivity contribution is -0.401. The summed E-state index contributed by atoms with van der Waals surface area (Å²) in [6.45, 7) is 4.06. The predicted molar refractivity (Wildman–Crippen MR) is 233 cm³/mol. The Balaban J connectivity index is 0.983. The topological polar surface area (TPSA) is 94.9 Å². The van der Waals surface area contributed by atoms with Crippen LogP contribution in [-0.4, -0.2) is 85.1 Å². The summed E-state index contributed by atoms with van der Waals surface area (Å²) in [4.78, 5) is 48.7. The van der Waals surface area contributed by atoms with Gasteiger partial charge in [-0.1, -0.05) is 54.6 Å². The van der Waals surface area contributed by atoms with Crippen LogP contribution in [0.4, 0.5) is 17.1 Å². The SMILES string of the molecule is COc1cc2c(cc1OCc1cc(COc3cc4c(cc3C)C(=O)N3Cc5ccccc5[C@H]3[C-]=[N+]4C)cc(N(C)C(=O)CSC)c1)N(C)C[C@@H]1c3ccccc3CN1C2=O. The van der Waals surface area contributed by atoms with Crippen LogP contribution in [0.2, 0.25) is 0 Å². The van der Waals surface area contributed by atoms with Gasteiger partial charge in [-0.05, 0) is 82.5 Å². The molecule has 9 rings (SSSR count). The van der Waals surface area contributed by atoms with E-state index < -0.39 is 0 Å². The number of carbonyl (C=O) groups is 3. The zero-order valence-electron chi connectivity index (χ0n) is 34.7. The molecule has 0 aromatic heterocycles. The summed E-state index contributed by atoms with van der Waals surface area (Å²) in [5.74, 6) is 1.84. The number of aryl methyl sites for hydroxylation is 1. The van der Waals surface area contributed by atoms with E-state index in [-0.39, 0.29) is 43.0 Å². The first kappa shape index (κ1) is 39.2. The number of rotatable bonds is 10. The van der Waals surface area contributed by atoms with Crippen LogP contribution in [0.1, 0.15) is 71.7 Å². The van der Waals surface area contributed by atoms with Gasteiger partial charge in [0.25, 0.3) is 5.91 Å². The van der Waals surface area contributed by atoms with E-state index in [1.807, 2.05) is 102 Å². The smallest absolute Gasteiger partial charge is 0.256 e. The molecule has 0 saturated carbocycles. The maximum absolute atomic E-state index is 14.0. The first-order valence-electron chi connectivity index (χ1n) is 20.0. The third-order valence-corrected chi connectivity index (χ3v) is 12.6. The van der Waals surface area contributed by atoms with Crippen LogP contribution in [-0.2, 0) is 31.1 Å². The molecule has 0 saturated heterocycles. The van der Waals surface area contributed by atoms with Crippen LogP contribution in [0.5, 0.6) is 17.2 Å². The summed E-state index contributed by atoms with van der Waals surface area (Å²) in [6, 6.07) is 29.5. The highest BCUT2D eigenvalue weighted by Crippen LogP contribution is 2.44. The van der Waals surface area contributed by atoms with E-state index >= 15 is 0 Å². The van der Waals surface area contributed by atoms with Crippen molar-refractivity contribution in [1.82, 2.24) is 9.80 Å². The highest BCUT2D eigenvalue weighted by atomic mass is 32.2. The third-order valence-electron chi connectivity index (χ3n) is 12.1. The number of ether oxygens (including phenoxy) is 3. The number of methoxy groups -OCH3 is 1. The molecule has 4 aliphatic rings. The second-order valence-electron chi connectivity index (χ2n) is 15.9. The number of anilines is 2. The Morgan fingerprint density at radius 2 is 1.48 bits per heavy atom. The standard InChI is InChI=1S/C48H47N5O6S/c1-29-15-37-39(49(2)24-41-35-13-9-7-11-32(35)22-52(41)47(37)55)20-43(29)58-26-30-16-31(18-34(17-30)51(4)46(54)28-60-6)27-59-45-21-40-38(19-44(45)57-5)48(56)53-23-33-12-8-10-14-36(33)42(53)25-50(40)3/h7-21,41-42H,22-23,25-28H2,1-6H3/t41-,42-/m1/s1. The molecule has 0 fully saturated rings. The number of amides is 3. The molecule has 0 N–H and O–H groups in total. The molecule has 4 aliphatic heterocycles. The fourth-order valence-corrected chi connectivity index (χ4v) is 9.33. The second kappa shape index (κ2) is 15.7. The molecular formula is C48H47N5O6S. The number of nitrogens with zero attached hydrogens (tertiary/aromatic N) is 5. The molecule has 3 amide bonds. The Hall–Kier alpha value is -6.27. The van der Waals surface area contributed by atoms with Crippen molar-refractivity contribution in [1.29, 1.82) is 0 Å². The fourth-order valence-electron chi connectivity index (χ4n) is 8.89. The monoisotopic (exact) mass is 821 g/mol. The van der Waals surface area contributed by atoms with Gasteiger partial charge in [0.1, 0.15) is 26.0 Å². The average Bonchev–Trinajstić information content (AvgIpc) is 3.76. The van der Waals surface area contributed by atoms with Gasteiger partial charge in [-0.2, -0.15) is 11.8 Å². The van der Waals surface area contributed by atoms with Gasteiger partial charge in [0.05, 0.1) is 48.1 Å². The second-order valence-corrected chi connectivity index (χ2v) is 16.7. The lowest BCUT2D eigenvalue weighted by atomic mass is 10.0. The molecule has 0 bridgehead atoms. The molecule has 0 unspecified atom stereocenters. The molecule has 5 aromatic rings. The zero-order chi connectivity index (χ0) is 41.8. The van der Waals surface area contributed by atoms with E-state index in [2.05, 4.69) is 35.4 Å². The number of hydrogen-bond donors (Lipinski definition) is 0. The Kier molecular flexibility index (Phi) is 10.3. The van der Waals surface area contributed by atoms with Gasteiger partial charge in [-0.25, -0.2) is 0 Å². The van der Waals surface area contributed by atoms with Crippen molar-refractivity contribution in [2.24, 2.45) is 0 Å².